The molecule has 7 heteroatoms. The molecule has 0 atom stereocenters. The van der Waals surface area contributed by atoms with Gasteiger partial charge >= 0.3 is 5.97 Å². The van der Waals surface area contributed by atoms with Gasteiger partial charge < -0.3 is 14.4 Å². The van der Waals surface area contributed by atoms with Crippen LogP contribution in [0.5, 0.6) is 0 Å². The van der Waals surface area contributed by atoms with E-state index in [0.29, 0.717) is 31.4 Å². The van der Waals surface area contributed by atoms with Crippen LogP contribution in [0.15, 0.2) is 35.3 Å². The number of hydrogen-bond acceptors (Lipinski definition) is 3. The van der Waals surface area contributed by atoms with Crippen LogP contribution in [0.2, 0.25) is 0 Å². The fraction of sp³-hybridized carbons (Fsp3) is 0.484. The van der Waals surface area contributed by atoms with E-state index in [4.69, 9.17) is 4.74 Å². The van der Waals surface area contributed by atoms with Crippen molar-refractivity contribution in [3.63, 3.8) is 0 Å². The van der Waals surface area contributed by atoms with E-state index >= 15 is 0 Å². The molecular formula is C31H34F2N2O3. The molecule has 3 aromatic rings. The van der Waals surface area contributed by atoms with Gasteiger partial charge in [-0.05, 0) is 92.2 Å². The van der Waals surface area contributed by atoms with Crippen LogP contribution in [-0.4, -0.2) is 34.6 Å². The van der Waals surface area contributed by atoms with Gasteiger partial charge in [0.05, 0.1) is 18.0 Å². The van der Waals surface area contributed by atoms with Gasteiger partial charge in [0.15, 0.2) is 11.6 Å². The number of ether oxygens (including phenoxy) is 1. The van der Waals surface area contributed by atoms with E-state index in [1.54, 1.807) is 6.07 Å². The number of carboxylic acid groups (broad SMARTS) is 1. The van der Waals surface area contributed by atoms with Crippen molar-refractivity contribution >= 4 is 22.6 Å². The summed E-state index contributed by atoms with van der Waals surface area (Å²) in [6, 6.07) is 8.64. The number of halogens is 2. The monoisotopic (exact) mass is 520 g/mol. The van der Waals surface area contributed by atoms with E-state index in [9.17, 15) is 18.7 Å². The normalized spacial score (nSPS) is 26.4. The van der Waals surface area contributed by atoms with Crippen molar-refractivity contribution in [2.75, 3.05) is 13.2 Å². The highest BCUT2D eigenvalue weighted by molar-refractivity contribution is 6.06. The summed E-state index contributed by atoms with van der Waals surface area (Å²) >= 11 is 0. The van der Waals surface area contributed by atoms with Crippen molar-refractivity contribution in [3.05, 3.63) is 64.4 Å². The third kappa shape index (κ3) is 3.73. The van der Waals surface area contributed by atoms with Crippen LogP contribution in [0.25, 0.3) is 16.6 Å². The number of carbonyl (C=O) groups is 1. The molecule has 0 amide bonds. The number of hydrogen-bond donors (Lipinski definition) is 1. The number of nitrogens with zero attached hydrogens (tertiary/aromatic N) is 2. The molecule has 0 radical (unpaired) electrons. The van der Waals surface area contributed by atoms with E-state index in [0.717, 1.165) is 55.3 Å². The Morgan fingerprint density at radius 2 is 1.79 bits per heavy atom. The largest absolute Gasteiger partial charge is 0.481 e. The molecule has 38 heavy (non-hydrogen) atoms. The standard InChI is InChI=1S/C30H30F2N2O3.CH4/c1-16-22-10-26-23(8-18(22)15-33-16)27(19-11-30(12-19)13-20(14-30)29(35)36)28(17-4-6-37-7-5-17)34(26)21-2-3-24(31)25(32)9-21;/h2-3,8-10,17,19-20H,4-7,11-15H2,1H3,(H,35,36);1H4. The Labute approximate surface area is 221 Å². The highest BCUT2D eigenvalue weighted by Crippen LogP contribution is 2.65. The molecule has 1 spiro atoms. The summed E-state index contributed by atoms with van der Waals surface area (Å²) in [4.78, 5) is 16.1. The first kappa shape index (κ1) is 25.2. The summed E-state index contributed by atoms with van der Waals surface area (Å²) in [6.45, 7) is 4.05. The molecule has 2 aliphatic heterocycles. The zero-order valence-corrected chi connectivity index (χ0v) is 20.9. The number of benzene rings is 2. The maximum atomic E-state index is 14.5. The minimum atomic E-state index is -0.852. The Bertz CT molecular complexity index is 1470. The SMILES string of the molecule is C.CC1=NCc2cc3c(C4CC5(CC(C(=O)O)C5)C4)c(C4CCOCC4)n(-c4ccc(F)c(F)c4)c3cc21. The molecule has 0 unspecified atom stereocenters. The van der Waals surface area contributed by atoms with Gasteiger partial charge in [0.2, 0.25) is 0 Å². The Kier molecular flexibility index (Phi) is 5.98. The van der Waals surface area contributed by atoms with Gasteiger partial charge in [0.1, 0.15) is 0 Å². The molecule has 3 fully saturated rings. The first-order chi connectivity index (χ1) is 17.8. The van der Waals surface area contributed by atoms with Crippen molar-refractivity contribution in [1.82, 2.24) is 4.57 Å². The molecule has 3 heterocycles. The van der Waals surface area contributed by atoms with E-state index in [-0.39, 0.29) is 24.7 Å². The van der Waals surface area contributed by atoms with Gasteiger partial charge in [0.25, 0.3) is 0 Å². The molecule has 1 N–H and O–H groups in total. The Morgan fingerprint density at radius 1 is 1.05 bits per heavy atom. The van der Waals surface area contributed by atoms with Gasteiger partial charge in [-0.1, -0.05) is 7.43 Å². The minimum Gasteiger partial charge on any atom is -0.481 e. The second kappa shape index (κ2) is 9.01. The first-order valence-corrected chi connectivity index (χ1v) is 13.3. The third-order valence-electron chi connectivity index (χ3n) is 9.39. The van der Waals surface area contributed by atoms with E-state index in [2.05, 4.69) is 21.7 Å². The number of rotatable bonds is 4. The Hall–Kier alpha value is -3.06. The van der Waals surface area contributed by atoms with Crippen molar-refractivity contribution in [3.8, 4) is 5.69 Å². The van der Waals surface area contributed by atoms with Crippen LogP contribution in [0.1, 0.15) is 87.1 Å². The zero-order valence-electron chi connectivity index (χ0n) is 20.9. The zero-order chi connectivity index (χ0) is 25.5. The van der Waals surface area contributed by atoms with Gasteiger partial charge in [-0.25, -0.2) is 8.78 Å². The number of aliphatic carboxylic acids is 1. The topological polar surface area (TPSA) is 63.8 Å². The lowest BCUT2D eigenvalue weighted by Crippen LogP contribution is -2.49. The molecule has 2 aromatic carbocycles. The quantitative estimate of drug-likeness (QED) is 0.398. The Balaban J connectivity index is 0.00000264. The van der Waals surface area contributed by atoms with Crippen LogP contribution in [0, 0.1) is 23.0 Å². The predicted molar refractivity (Wildman–Crippen MR) is 143 cm³/mol. The summed E-state index contributed by atoms with van der Waals surface area (Å²) in [5, 5.41) is 10.6. The Morgan fingerprint density at radius 3 is 2.47 bits per heavy atom. The average molecular weight is 521 g/mol. The van der Waals surface area contributed by atoms with Crippen LogP contribution in [-0.2, 0) is 16.1 Å². The lowest BCUT2D eigenvalue weighted by atomic mass is 9.47. The summed E-state index contributed by atoms with van der Waals surface area (Å²) < 4.78 is 36.4. The number of fused-ring (bicyclic) bond motifs is 2. The summed E-state index contributed by atoms with van der Waals surface area (Å²) in [5.74, 6) is -2.03. The van der Waals surface area contributed by atoms with Gasteiger partial charge in [-0.2, -0.15) is 0 Å². The van der Waals surface area contributed by atoms with Gasteiger partial charge in [-0.15, -0.1) is 0 Å². The number of aromatic nitrogens is 1. The minimum absolute atomic E-state index is 0. The predicted octanol–water partition coefficient (Wildman–Crippen LogP) is 7.12. The van der Waals surface area contributed by atoms with Crippen molar-refractivity contribution in [2.45, 2.75) is 71.3 Å². The number of aliphatic imine (C=N–C) groups is 1. The molecule has 5 nitrogen and oxygen atoms in total. The van der Waals surface area contributed by atoms with Crippen molar-refractivity contribution < 1.29 is 23.4 Å². The molecule has 1 aromatic heterocycles. The van der Waals surface area contributed by atoms with Crippen LogP contribution in [0.4, 0.5) is 8.78 Å². The molecule has 4 aliphatic rings. The molecule has 2 saturated carbocycles. The first-order valence-electron chi connectivity index (χ1n) is 13.3. The molecule has 200 valence electrons. The van der Waals surface area contributed by atoms with E-state index < -0.39 is 17.6 Å². The second-order valence-electron chi connectivity index (χ2n) is 11.6. The van der Waals surface area contributed by atoms with Gasteiger partial charge in [0, 0.05) is 53.2 Å². The maximum Gasteiger partial charge on any atom is 0.306 e. The third-order valence-corrected chi connectivity index (χ3v) is 9.39. The van der Waals surface area contributed by atoms with Crippen LogP contribution in [0.3, 0.4) is 0 Å². The molecular weight excluding hydrogens is 486 g/mol. The van der Waals surface area contributed by atoms with E-state index in [1.165, 1.54) is 34.3 Å². The summed E-state index contributed by atoms with van der Waals surface area (Å²) in [7, 11) is 0. The highest BCUT2D eigenvalue weighted by Gasteiger charge is 2.56. The van der Waals surface area contributed by atoms with Crippen molar-refractivity contribution in [2.24, 2.45) is 16.3 Å². The average Bonchev–Trinajstić information content (AvgIpc) is 3.36. The maximum absolute atomic E-state index is 14.5. The molecule has 0 bridgehead atoms. The van der Waals surface area contributed by atoms with Crippen LogP contribution < -0.4 is 0 Å². The van der Waals surface area contributed by atoms with Crippen molar-refractivity contribution in [1.29, 1.82) is 0 Å². The summed E-state index contributed by atoms with van der Waals surface area (Å²) in [5.41, 5.74) is 7.60. The molecule has 7 rings (SSSR count). The smallest absolute Gasteiger partial charge is 0.306 e. The molecule has 2 aliphatic carbocycles. The second-order valence-corrected chi connectivity index (χ2v) is 11.6. The fourth-order valence-electron chi connectivity index (χ4n) is 7.57. The van der Waals surface area contributed by atoms with E-state index in [1.807, 2.05) is 6.92 Å². The van der Waals surface area contributed by atoms with Gasteiger partial charge in [-0.3, -0.25) is 9.79 Å². The summed E-state index contributed by atoms with van der Waals surface area (Å²) in [6.07, 6.45) is 5.25. The number of carboxylic acids is 1. The lowest BCUT2D eigenvalue weighted by molar-refractivity contribution is -0.155. The van der Waals surface area contributed by atoms with Crippen LogP contribution >= 0.6 is 0 Å². The highest BCUT2D eigenvalue weighted by atomic mass is 19.2. The lowest BCUT2D eigenvalue weighted by Gasteiger charge is -2.57. The fourth-order valence-corrected chi connectivity index (χ4v) is 7.57. The molecule has 1 saturated heterocycles.